The number of aryl methyl sites for hydroxylation is 1. The van der Waals surface area contributed by atoms with Gasteiger partial charge in [0, 0.05) is 11.8 Å². The van der Waals surface area contributed by atoms with Crippen molar-refractivity contribution in [2.24, 2.45) is 5.10 Å². The fourth-order valence-corrected chi connectivity index (χ4v) is 2.12. The van der Waals surface area contributed by atoms with Gasteiger partial charge in [-0.3, -0.25) is 4.79 Å². The Hall–Kier alpha value is -2.60. The van der Waals surface area contributed by atoms with E-state index in [4.69, 9.17) is 21.1 Å². The van der Waals surface area contributed by atoms with Crippen LogP contribution in [0, 0.1) is 6.92 Å². The number of halogens is 1. The number of methoxy groups -OCH3 is 2. The predicted octanol–water partition coefficient (Wildman–Crippen LogP) is 2.82. The van der Waals surface area contributed by atoms with Gasteiger partial charge in [-0.25, -0.2) is 10.4 Å². The number of hydrogen-bond acceptors (Lipinski definition) is 5. The number of carbonyl (C=O) groups excluding carboxylic acids is 1. The molecule has 1 heterocycles. The summed E-state index contributed by atoms with van der Waals surface area (Å²) in [5, 5.41) is 4.07. The molecule has 0 spiro atoms. The molecular weight excluding hydrogens is 318 g/mol. The molecule has 1 aromatic carbocycles. The lowest BCUT2D eigenvalue weighted by Crippen LogP contribution is -2.18. The monoisotopic (exact) mass is 333 g/mol. The summed E-state index contributed by atoms with van der Waals surface area (Å²) in [5.74, 6) is 0.784. The SMILES string of the molecule is COc1cc(C)c(/C=N\NC(=O)c2cccnc2Cl)cc1OC. The molecule has 0 aliphatic rings. The first kappa shape index (κ1) is 16.8. The van der Waals surface area contributed by atoms with E-state index in [-0.39, 0.29) is 10.7 Å². The molecular formula is C16H16ClN3O3. The highest BCUT2D eigenvalue weighted by molar-refractivity contribution is 6.32. The minimum Gasteiger partial charge on any atom is -0.493 e. The van der Waals surface area contributed by atoms with Crippen molar-refractivity contribution < 1.29 is 14.3 Å². The van der Waals surface area contributed by atoms with E-state index in [9.17, 15) is 4.79 Å². The third-order valence-corrected chi connectivity index (χ3v) is 3.45. The van der Waals surface area contributed by atoms with Gasteiger partial charge in [-0.05, 0) is 36.8 Å². The van der Waals surface area contributed by atoms with Gasteiger partial charge >= 0.3 is 0 Å². The van der Waals surface area contributed by atoms with Gasteiger partial charge in [0.1, 0.15) is 5.15 Å². The number of rotatable bonds is 5. The summed E-state index contributed by atoms with van der Waals surface area (Å²) >= 11 is 5.86. The lowest BCUT2D eigenvalue weighted by molar-refractivity contribution is 0.0955. The molecule has 0 atom stereocenters. The number of benzene rings is 1. The van der Waals surface area contributed by atoms with Crippen LogP contribution in [0.4, 0.5) is 0 Å². The molecule has 2 aromatic rings. The van der Waals surface area contributed by atoms with Crippen molar-refractivity contribution in [3.05, 3.63) is 52.3 Å². The number of hydrazone groups is 1. The largest absolute Gasteiger partial charge is 0.493 e. The predicted molar refractivity (Wildman–Crippen MR) is 88.6 cm³/mol. The second kappa shape index (κ2) is 7.60. The Kier molecular flexibility index (Phi) is 5.54. The van der Waals surface area contributed by atoms with Crippen LogP contribution in [0.2, 0.25) is 5.15 Å². The highest BCUT2D eigenvalue weighted by Crippen LogP contribution is 2.29. The molecule has 0 aliphatic heterocycles. The van der Waals surface area contributed by atoms with Crippen molar-refractivity contribution in [1.29, 1.82) is 0 Å². The van der Waals surface area contributed by atoms with Crippen molar-refractivity contribution in [3.63, 3.8) is 0 Å². The summed E-state index contributed by atoms with van der Waals surface area (Å²) in [4.78, 5) is 15.8. The van der Waals surface area contributed by atoms with Crippen molar-refractivity contribution in [1.82, 2.24) is 10.4 Å². The number of amides is 1. The van der Waals surface area contributed by atoms with Gasteiger partial charge in [-0.1, -0.05) is 11.6 Å². The lowest BCUT2D eigenvalue weighted by Gasteiger charge is -2.10. The Labute approximate surface area is 139 Å². The van der Waals surface area contributed by atoms with E-state index in [0.29, 0.717) is 11.5 Å². The average molecular weight is 334 g/mol. The first-order chi connectivity index (χ1) is 11.1. The molecule has 0 saturated carbocycles. The van der Waals surface area contributed by atoms with E-state index in [1.807, 2.05) is 13.0 Å². The van der Waals surface area contributed by atoms with Crippen molar-refractivity contribution in [3.8, 4) is 11.5 Å². The zero-order valence-corrected chi connectivity index (χ0v) is 13.7. The van der Waals surface area contributed by atoms with Crippen molar-refractivity contribution in [2.75, 3.05) is 14.2 Å². The average Bonchev–Trinajstić information content (AvgIpc) is 2.56. The first-order valence-corrected chi connectivity index (χ1v) is 7.11. The van der Waals surface area contributed by atoms with Crippen LogP contribution in [0.25, 0.3) is 0 Å². The zero-order valence-electron chi connectivity index (χ0n) is 13.0. The lowest BCUT2D eigenvalue weighted by atomic mass is 10.1. The second-order valence-corrected chi connectivity index (χ2v) is 4.96. The van der Waals surface area contributed by atoms with Crippen molar-refractivity contribution >= 4 is 23.7 Å². The molecule has 0 radical (unpaired) electrons. The maximum absolute atomic E-state index is 12.0. The summed E-state index contributed by atoms with van der Waals surface area (Å²) in [6.45, 7) is 1.91. The van der Waals surface area contributed by atoms with Gasteiger partial charge < -0.3 is 9.47 Å². The first-order valence-electron chi connectivity index (χ1n) is 6.73. The summed E-state index contributed by atoms with van der Waals surface area (Å²) in [6, 6.07) is 6.81. The molecule has 1 N–H and O–H groups in total. The molecule has 1 aromatic heterocycles. The van der Waals surface area contributed by atoms with Gasteiger partial charge in [0.05, 0.1) is 26.0 Å². The number of ether oxygens (including phenoxy) is 2. The fourth-order valence-electron chi connectivity index (χ4n) is 1.91. The molecule has 2 rings (SSSR count). The zero-order chi connectivity index (χ0) is 16.8. The van der Waals surface area contributed by atoms with Gasteiger partial charge in [-0.2, -0.15) is 5.10 Å². The smallest absolute Gasteiger partial charge is 0.274 e. The number of nitrogens with one attached hydrogen (secondary N) is 1. The van der Waals surface area contributed by atoms with Crippen LogP contribution in [-0.4, -0.2) is 31.3 Å². The highest BCUT2D eigenvalue weighted by Gasteiger charge is 2.10. The van der Waals surface area contributed by atoms with Crippen LogP contribution >= 0.6 is 11.6 Å². The normalized spacial score (nSPS) is 10.6. The van der Waals surface area contributed by atoms with Crippen LogP contribution in [0.15, 0.2) is 35.6 Å². The summed E-state index contributed by atoms with van der Waals surface area (Å²) in [7, 11) is 3.13. The van der Waals surface area contributed by atoms with Crippen LogP contribution in [0.3, 0.4) is 0 Å². The summed E-state index contributed by atoms with van der Waals surface area (Å²) in [6.07, 6.45) is 3.04. The number of aromatic nitrogens is 1. The third-order valence-electron chi connectivity index (χ3n) is 3.15. The Balaban J connectivity index is 2.15. The van der Waals surface area contributed by atoms with Gasteiger partial charge in [0.25, 0.3) is 5.91 Å². The molecule has 120 valence electrons. The molecule has 0 aliphatic carbocycles. The molecule has 7 heteroatoms. The van der Waals surface area contributed by atoms with E-state index >= 15 is 0 Å². The molecule has 0 saturated heterocycles. The topological polar surface area (TPSA) is 72.8 Å². The minimum absolute atomic E-state index is 0.127. The molecule has 1 amide bonds. The third kappa shape index (κ3) is 3.98. The van der Waals surface area contributed by atoms with Crippen LogP contribution < -0.4 is 14.9 Å². The Morgan fingerprint density at radius 2 is 2.00 bits per heavy atom. The Morgan fingerprint density at radius 3 is 2.65 bits per heavy atom. The maximum Gasteiger partial charge on any atom is 0.274 e. The van der Waals surface area contributed by atoms with E-state index in [1.165, 1.54) is 12.4 Å². The van der Waals surface area contributed by atoms with Gasteiger partial charge in [0.15, 0.2) is 11.5 Å². The molecule has 0 unspecified atom stereocenters. The molecule has 0 fully saturated rings. The maximum atomic E-state index is 12.0. The number of pyridine rings is 1. The number of hydrogen-bond donors (Lipinski definition) is 1. The molecule has 23 heavy (non-hydrogen) atoms. The Bertz CT molecular complexity index is 747. The quantitative estimate of drug-likeness (QED) is 0.519. The fraction of sp³-hybridized carbons (Fsp3) is 0.188. The molecule has 0 bridgehead atoms. The summed E-state index contributed by atoms with van der Waals surface area (Å²) in [5.41, 5.74) is 4.40. The van der Waals surface area contributed by atoms with Gasteiger partial charge in [0.2, 0.25) is 0 Å². The van der Waals surface area contributed by atoms with E-state index in [0.717, 1.165) is 11.1 Å². The second-order valence-electron chi connectivity index (χ2n) is 4.60. The minimum atomic E-state index is -0.433. The highest BCUT2D eigenvalue weighted by atomic mass is 35.5. The standard InChI is InChI=1S/C16H16ClN3O3/c1-10-7-13(22-2)14(23-3)8-11(10)9-19-20-16(21)12-5-4-6-18-15(12)17/h4-9H,1-3H3,(H,20,21)/b19-9-. The number of carbonyl (C=O) groups is 1. The molecule has 6 nitrogen and oxygen atoms in total. The van der Waals surface area contributed by atoms with Crippen LogP contribution in [0.1, 0.15) is 21.5 Å². The number of nitrogens with zero attached hydrogens (tertiary/aromatic N) is 2. The summed E-state index contributed by atoms with van der Waals surface area (Å²) < 4.78 is 10.5. The van der Waals surface area contributed by atoms with E-state index in [1.54, 1.807) is 32.4 Å². The van der Waals surface area contributed by atoms with Gasteiger partial charge in [-0.15, -0.1) is 0 Å². The van der Waals surface area contributed by atoms with Crippen LogP contribution in [0.5, 0.6) is 11.5 Å². The van der Waals surface area contributed by atoms with E-state index in [2.05, 4.69) is 15.5 Å². The van der Waals surface area contributed by atoms with E-state index < -0.39 is 5.91 Å². The Morgan fingerprint density at radius 1 is 1.30 bits per heavy atom. The van der Waals surface area contributed by atoms with Crippen molar-refractivity contribution in [2.45, 2.75) is 6.92 Å². The van der Waals surface area contributed by atoms with Crippen LogP contribution in [-0.2, 0) is 0 Å².